The van der Waals surface area contributed by atoms with E-state index in [2.05, 4.69) is 18.3 Å². The van der Waals surface area contributed by atoms with Crippen LogP contribution in [0.3, 0.4) is 0 Å². The number of hydrogen-bond acceptors (Lipinski definition) is 3. The lowest BCUT2D eigenvalue weighted by Gasteiger charge is -2.20. The van der Waals surface area contributed by atoms with Gasteiger partial charge in [-0.15, -0.1) is 0 Å². The van der Waals surface area contributed by atoms with E-state index < -0.39 is 5.41 Å². The Labute approximate surface area is 95.6 Å². The fourth-order valence-corrected chi connectivity index (χ4v) is 2.11. The number of amides is 1. The molecule has 0 spiro atoms. The number of carbonyl (C=O) groups excluding carboxylic acids is 1. The number of hydrogen-bond donors (Lipinski definition) is 1. The molecule has 1 aliphatic rings. The van der Waals surface area contributed by atoms with E-state index in [1.165, 1.54) is 0 Å². The summed E-state index contributed by atoms with van der Waals surface area (Å²) in [6.07, 6.45) is 5.47. The van der Waals surface area contributed by atoms with Crippen molar-refractivity contribution in [3.63, 3.8) is 0 Å². The SMILES string of the molecule is CSC(C)CNC(=O)C1(C#N)CCCC1. The summed E-state index contributed by atoms with van der Waals surface area (Å²) in [6.45, 7) is 2.72. The molecule has 0 aliphatic heterocycles. The van der Waals surface area contributed by atoms with Gasteiger partial charge in [0.1, 0.15) is 5.41 Å². The largest absolute Gasteiger partial charge is 0.354 e. The van der Waals surface area contributed by atoms with Gasteiger partial charge < -0.3 is 5.32 Å². The first-order valence-electron chi connectivity index (χ1n) is 5.37. The van der Waals surface area contributed by atoms with E-state index in [1.807, 2.05) is 6.26 Å². The van der Waals surface area contributed by atoms with Crippen molar-refractivity contribution in [1.82, 2.24) is 5.32 Å². The zero-order chi connectivity index (χ0) is 11.3. The molecular formula is C11H18N2OS. The summed E-state index contributed by atoms with van der Waals surface area (Å²) in [4.78, 5) is 11.9. The molecular weight excluding hydrogens is 208 g/mol. The van der Waals surface area contributed by atoms with Crippen molar-refractivity contribution in [3.8, 4) is 6.07 Å². The van der Waals surface area contributed by atoms with Crippen molar-refractivity contribution >= 4 is 17.7 Å². The van der Waals surface area contributed by atoms with E-state index in [9.17, 15) is 4.79 Å². The molecule has 1 aliphatic carbocycles. The van der Waals surface area contributed by atoms with E-state index in [-0.39, 0.29) is 5.91 Å². The van der Waals surface area contributed by atoms with Crippen molar-refractivity contribution in [1.29, 1.82) is 5.26 Å². The molecule has 0 aromatic heterocycles. The quantitative estimate of drug-likeness (QED) is 0.797. The van der Waals surface area contributed by atoms with Crippen LogP contribution in [0.2, 0.25) is 0 Å². The molecule has 1 atom stereocenters. The van der Waals surface area contributed by atoms with Gasteiger partial charge in [0.15, 0.2) is 0 Å². The smallest absolute Gasteiger partial charge is 0.240 e. The van der Waals surface area contributed by atoms with Crippen molar-refractivity contribution in [2.24, 2.45) is 5.41 Å². The van der Waals surface area contributed by atoms with Crippen LogP contribution in [0.1, 0.15) is 32.6 Å². The van der Waals surface area contributed by atoms with Gasteiger partial charge in [-0.05, 0) is 19.1 Å². The van der Waals surface area contributed by atoms with E-state index in [4.69, 9.17) is 5.26 Å². The van der Waals surface area contributed by atoms with Crippen LogP contribution in [0, 0.1) is 16.7 Å². The second-order valence-electron chi connectivity index (χ2n) is 4.16. The molecule has 1 amide bonds. The Kier molecular flexibility index (Phi) is 4.46. The van der Waals surface area contributed by atoms with Crippen LogP contribution in [-0.2, 0) is 4.79 Å². The standard InChI is InChI=1S/C11H18N2OS/c1-9(15-2)7-13-10(14)11(8-12)5-3-4-6-11/h9H,3-7H2,1-2H3,(H,13,14). The minimum atomic E-state index is -0.724. The summed E-state index contributed by atoms with van der Waals surface area (Å²) >= 11 is 1.72. The fraction of sp³-hybridized carbons (Fsp3) is 0.818. The van der Waals surface area contributed by atoms with Crippen LogP contribution in [0.4, 0.5) is 0 Å². The lowest BCUT2D eigenvalue weighted by Crippen LogP contribution is -2.40. The molecule has 4 heteroatoms. The number of carbonyl (C=O) groups is 1. The number of rotatable bonds is 4. The zero-order valence-electron chi connectivity index (χ0n) is 9.38. The van der Waals surface area contributed by atoms with Gasteiger partial charge >= 0.3 is 0 Å². The van der Waals surface area contributed by atoms with E-state index in [1.54, 1.807) is 11.8 Å². The lowest BCUT2D eigenvalue weighted by atomic mass is 9.87. The summed E-state index contributed by atoms with van der Waals surface area (Å²) < 4.78 is 0. The van der Waals surface area contributed by atoms with Gasteiger partial charge in [-0.2, -0.15) is 17.0 Å². The number of nitriles is 1. The van der Waals surface area contributed by atoms with Crippen LogP contribution in [0.5, 0.6) is 0 Å². The molecule has 1 N–H and O–H groups in total. The molecule has 0 bridgehead atoms. The number of nitrogens with one attached hydrogen (secondary N) is 1. The molecule has 1 fully saturated rings. The lowest BCUT2D eigenvalue weighted by molar-refractivity contribution is -0.127. The Bertz CT molecular complexity index is 266. The van der Waals surface area contributed by atoms with Gasteiger partial charge in [0, 0.05) is 11.8 Å². The summed E-state index contributed by atoms with van der Waals surface area (Å²) in [5.41, 5.74) is -0.724. The van der Waals surface area contributed by atoms with Crippen molar-refractivity contribution in [2.75, 3.05) is 12.8 Å². The van der Waals surface area contributed by atoms with Gasteiger partial charge in [0.25, 0.3) is 0 Å². The molecule has 15 heavy (non-hydrogen) atoms. The zero-order valence-corrected chi connectivity index (χ0v) is 10.2. The van der Waals surface area contributed by atoms with Crippen LogP contribution >= 0.6 is 11.8 Å². The first-order chi connectivity index (χ1) is 7.14. The third kappa shape index (κ3) is 2.88. The van der Waals surface area contributed by atoms with E-state index in [0.717, 1.165) is 25.7 Å². The first kappa shape index (κ1) is 12.4. The maximum absolute atomic E-state index is 11.9. The van der Waals surface area contributed by atoms with E-state index >= 15 is 0 Å². The van der Waals surface area contributed by atoms with Crippen LogP contribution in [0.15, 0.2) is 0 Å². The van der Waals surface area contributed by atoms with Gasteiger partial charge in [-0.25, -0.2) is 0 Å². The predicted octanol–water partition coefficient (Wildman–Crippen LogP) is 1.94. The average Bonchev–Trinajstić information content (AvgIpc) is 2.75. The van der Waals surface area contributed by atoms with Crippen molar-refractivity contribution in [2.45, 2.75) is 37.9 Å². The molecule has 0 heterocycles. The molecule has 0 aromatic carbocycles. The molecule has 84 valence electrons. The predicted molar refractivity (Wildman–Crippen MR) is 62.5 cm³/mol. The maximum atomic E-state index is 11.9. The average molecular weight is 226 g/mol. The Balaban J connectivity index is 2.48. The molecule has 1 saturated carbocycles. The van der Waals surface area contributed by atoms with Crippen molar-refractivity contribution < 1.29 is 4.79 Å². The summed E-state index contributed by atoms with van der Waals surface area (Å²) in [6, 6.07) is 2.20. The maximum Gasteiger partial charge on any atom is 0.240 e. The van der Waals surface area contributed by atoms with Gasteiger partial charge in [0.05, 0.1) is 6.07 Å². The summed E-state index contributed by atoms with van der Waals surface area (Å²) in [5, 5.41) is 12.4. The summed E-state index contributed by atoms with van der Waals surface area (Å²) in [5.74, 6) is -0.0663. The molecule has 0 aromatic rings. The molecule has 1 rings (SSSR count). The highest BCUT2D eigenvalue weighted by Gasteiger charge is 2.41. The molecule has 0 radical (unpaired) electrons. The van der Waals surface area contributed by atoms with Gasteiger partial charge in [-0.1, -0.05) is 19.8 Å². The Hall–Kier alpha value is -0.690. The van der Waals surface area contributed by atoms with Crippen molar-refractivity contribution in [3.05, 3.63) is 0 Å². The summed E-state index contributed by atoms with van der Waals surface area (Å²) in [7, 11) is 0. The molecule has 3 nitrogen and oxygen atoms in total. The highest BCUT2D eigenvalue weighted by molar-refractivity contribution is 7.99. The molecule has 1 unspecified atom stereocenters. The Morgan fingerprint density at radius 3 is 2.67 bits per heavy atom. The van der Waals surface area contributed by atoms with Gasteiger partial charge in [0.2, 0.25) is 5.91 Å². The number of nitrogens with zero attached hydrogens (tertiary/aromatic N) is 1. The number of thioether (sulfide) groups is 1. The minimum absolute atomic E-state index is 0.0663. The second kappa shape index (κ2) is 5.41. The Morgan fingerprint density at radius 1 is 1.60 bits per heavy atom. The highest BCUT2D eigenvalue weighted by Crippen LogP contribution is 2.37. The minimum Gasteiger partial charge on any atom is -0.354 e. The molecule has 0 saturated heterocycles. The second-order valence-corrected chi connectivity index (χ2v) is 5.43. The van der Waals surface area contributed by atoms with Crippen LogP contribution in [0.25, 0.3) is 0 Å². The van der Waals surface area contributed by atoms with E-state index in [0.29, 0.717) is 11.8 Å². The monoisotopic (exact) mass is 226 g/mol. The fourth-order valence-electron chi connectivity index (χ4n) is 1.86. The van der Waals surface area contributed by atoms with Crippen LogP contribution in [-0.4, -0.2) is 24.0 Å². The third-order valence-corrected chi connectivity index (χ3v) is 4.03. The normalized spacial score (nSPS) is 20.6. The van der Waals surface area contributed by atoms with Crippen LogP contribution < -0.4 is 5.32 Å². The topological polar surface area (TPSA) is 52.9 Å². The third-order valence-electron chi connectivity index (χ3n) is 3.06. The Morgan fingerprint density at radius 2 is 2.20 bits per heavy atom. The highest BCUT2D eigenvalue weighted by atomic mass is 32.2. The first-order valence-corrected chi connectivity index (χ1v) is 6.66. The van der Waals surface area contributed by atoms with Gasteiger partial charge in [-0.3, -0.25) is 4.79 Å².